The van der Waals surface area contributed by atoms with Crippen LogP contribution >= 0.6 is 0 Å². The van der Waals surface area contributed by atoms with Crippen LogP contribution in [0.15, 0.2) is 40.9 Å². The van der Waals surface area contributed by atoms with Crippen molar-refractivity contribution in [1.29, 1.82) is 0 Å². The van der Waals surface area contributed by atoms with Crippen LogP contribution in [0.5, 0.6) is 0 Å². The van der Waals surface area contributed by atoms with Crippen LogP contribution in [0.4, 0.5) is 0 Å². The van der Waals surface area contributed by atoms with Gasteiger partial charge in [-0.1, -0.05) is 35.5 Å². The second-order valence-corrected chi connectivity index (χ2v) is 6.10. The summed E-state index contributed by atoms with van der Waals surface area (Å²) >= 11 is 0. The second-order valence-electron chi connectivity index (χ2n) is 6.10. The molecule has 24 heavy (non-hydrogen) atoms. The van der Waals surface area contributed by atoms with Crippen LogP contribution in [0, 0.1) is 0 Å². The Morgan fingerprint density at radius 2 is 2.00 bits per heavy atom. The Balaban J connectivity index is 1.71. The predicted molar refractivity (Wildman–Crippen MR) is 86.5 cm³/mol. The summed E-state index contributed by atoms with van der Waals surface area (Å²) in [7, 11) is 0. The van der Waals surface area contributed by atoms with Crippen LogP contribution < -0.4 is 0 Å². The summed E-state index contributed by atoms with van der Waals surface area (Å²) < 4.78 is 5.22. The zero-order chi connectivity index (χ0) is 16.9. The van der Waals surface area contributed by atoms with E-state index in [4.69, 9.17) is 9.63 Å². The van der Waals surface area contributed by atoms with Crippen molar-refractivity contribution in [2.24, 2.45) is 0 Å². The maximum Gasteiger partial charge on any atom is 0.303 e. The maximum atomic E-state index is 12.7. The molecule has 1 fully saturated rings. The fraction of sp³-hybridized carbons (Fsp3) is 0.389. The Morgan fingerprint density at radius 3 is 2.67 bits per heavy atom. The summed E-state index contributed by atoms with van der Waals surface area (Å²) in [6, 6.07) is 11.3. The first-order valence-corrected chi connectivity index (χ1v) is 8.15. The summed E-state index contributed by atoms with van der Waals surface area (Å²) in [5.41, 5.74) is 1.83. The van der Waals surface area contributed by atoms with Gasteiger partial charge < -0.3 is 14.5 Å². The van der Waals surface area contributed by atoms with E-state index in [2.05, 4.69) is 5.16 Å². The number of amides is 1. The average molecular weight is 328 g/mol. The molecular formula is C18H20N2O4. The molecule has 0 spiro atoms. The number of carboxylic acids is 1. The molecule has 0 radical (unpaired) electrons. The summed E-state index contributed by atoms with van der Waals surface area (Å²) in [6.07, 6.45) is 2.61. The molecule has 2 aromatic rings. The molecule has 1 amide bonds. The molecule has 1 N–H and O–H groups in total. The molecule has 0 bridgehead atoms. The molecule has 1 aliphatic carbocycles. The number of aromatic nitrogens is 1. The highest BCUT2D eigenvalue weighted by atomic mass is 16.5. The highest BCUT2D eigenvalue weighted by molar-refractivity contribution is 5.91. The lowest BCUT2D eigenvalue weighted by Gasteiger charge is -2.21. The Morgan fingerprint density at radius 1 is 1.25 bits per heavy atom. The van der Waals surface area contributed by atoms with E-state index in [-0.39, 0.29) is 18.1 Å². The van der Waals surface area contributed by atoms with E-state index in [1.165, 1.54) is 0 Å². The Labute approximate surface area is 140 Å². The largest absolute Gasteiger partial charge is 0.481 e. The third-order valence-corrected chi connectivity index (χ3v) is 4.06. The zero-order valence-electron chi connectivity index (χ0n) is 13.4. The third-order valence-electron chi connectivity index (χ3n) is 4.06. The molecular weight excluding hydrogens is 308 g/mol. The van der Waals surface area contributed by atoms with Gasteiger partial charge >= 0.3 is 5.97 Å². The van der Waals surface area contributed by atoms with E-state index in [9.17, 15) is 9.59 Å². The van der Waals surface area contributed by atoms with Gasteiger partial charge in [0, 0.05) is 31.5 Å². The summed E-state index contributed by atoms with van der Waals surface area (Å²) in [5.74, 6) is -0.463. The van der Waals surface area contributed by atoms with Gasteiger partial charge in [-0.05, 0) is 24.8 Å². The van der Waals surface area contributed by atoms with E-state index in [1.54, 1.807) is 11.0 Å². The minimum Gasteiger partial charge on any atom is -0.481 e. The number of hydrogen-bond acceptors (Lipinski definition) is 4. The van der Waals surface area contributed by atoms with Gasteiger partial charge in [0.1, 0.15) is 0 Å². The average Bonchev–Trinajstić information content (AvgIpc) is 3.31. The van der Waals surface area contributed by atoms with E-state index in [1.807, 2.05) is 30.3 Å². The second kappa shape index (κ2) is 7.29. The highest BCUT2D eigenvalue weighted by Crippen LogP contribution is 2.39. The monoisotopic (exact) mass is 328 g/mol. The van der Waals surface area contributed by atoms with Crippen molar-refractivity contribution in [3.8, 4) is 0 Å². The Kier molecular flexibility index (Phi) is 4.93. The molecule has 0 atom stereocenters. The quantitative estimate of drug-likeness (QED) is 0.805. The number of benzene rings is 1. The minimum absolute atomic E-state index is 0.0301. The van der Waals surface area contributed by atoms with E-state index in [0.717, 1.165) is 24.1 Å². The van der Waals surface area contributed by atoms with Crippen molar-refractivity contribution in [2.45, 2.75) is 38.1 Å². The lowest BCUT2D eigenvalue weighted by Crippen LogP contribution is -2.31. The van der Waals surface area contributed by atoms with Crippen molar-refractivity contribution in [3.05, 3.63) is 53.4 Å². The van der Waals surface area contributed by atoms with Gasteiger partial charge in [0.15, 0.2) is 0 Å². The van der Waals surface area contributed by atoms with Crippen LogP contribution in [-0.2, 0) is 11.3 Å². The molecule has 6 nitrogen and oxygen atoms in total. The van der Waals surface area contributed by atoms with Crippen LogP contribution in [0.2, 0.25) is 0 Å². The standard InChI is InChI=1S/C18H20N2O4/c21-17(22)7-4-10-20(12-13-5-2-1-3-6-13)18(23)16-11-15(19-24-16)14-8-9-14/h1-3,5-6,11,14H,4,7-10,12H2,(H,21,22). The van der Waals surface area contributed by atoms with Crippen molar-refractivity contribution >= 4 is 11.9 Å². The topological polar surface area (TPSA) is 83.6 Å². The summed E-state index contributed by atoms with van der Waals surface area (Å²) in [6.45, 7) is 0.776. The molecule has 0 unspecified atom stereocenters. The molecule has 1 aromatic carbocycles. The normalized spacial score (nSPS) is 13.7. The van der Waals surface area contributed by atoms with Crippen LogP contribution in [0.25, 0.3) is 0 Å². The van der Waals surface area contributed by atoms with Gasteiger partial charge in [0.25, 0.3) is 5.91 Å². The SMILES string of the molecule is O=C(O)CCCN(Cc1ccccc1)C(=O)c1cc(C2CC2)no1. The number of aliphatic carboxylic acids is 1. The fourth-order valence-corrected chi connectivity index (χ4v) is 2.59. The van der Waals surface area contributed by atoms with Crippen LogP contribution in [0.3, 0.4) is 0 Å². The van der Waals surface area contributed by atoms with E-state index >= 15 is 0 Å². The molecule has 1 heterocycles. The Bertz CT molecular complexity index is 707. The predicted octanol–water partition coefficient (Wildman–Crippen LogP) is 3.06. The molecule has 1 aromatic heterocycles. The number of rotatable bonds is 8. The van der Waals surface area contributed by atoms with Gasteiger partial charge in [-0.2, -0.15) is 0 Å². The van der Waals surface area contributed by atoms with E-state index < -0.39 is 5.97 Å². The fourth-order valence-electron chi connectivity index (χ4n) is 2.59. The smallest absolute Gasteiger partial charge is 0.303 e. The van der Waals surface area contributed by atoms with Crippen molar-refractivity contribution < 1.29 is 19.2 Å². The molecule has 1 saturated carbocycles. The number of carbonyl (C=O) groups excluding carboxylic acids is 1. The van der Waals surface area contributed by atoms with Crippen molar-refractivity contribution in [3.63, 3.8) is 0 Å². The molecule has 1 aliphatic rings. The van der Waals surface area contributed by atoms with Gasteiger partial charge in [-0.15, -0.1) is 0 Å². The molecule has 126 valence electrons. The van der Waals surface area contributed by atoms with E-state index in [0.29, 0.717) is 25.4 Å². The highest BCUT2D eigenvalue weighted by Gasteiger charge is 2.29. The zero-order valence-corrected chi connectivity index (χ0v) is 13.4. The molecule has 3 rings (SSSR count). The number of hydrogen-bond donors (Lipinski definition) is 1. The Hall–Kier alpha value is -2.63. The summed E-state index contributed by atoms with van der Waals surface area (Å²) in [5, 5.41) is 12.8. The number of nitrogens with zero attached hydrogens (tertiary/aromatic N) is 2. The van der Waals surface area contributed by atoms with Crippen molar-refractivity contribution in [2.75, 3.05) is 6.54 Å². The van der Waals surface area contributed by atoms with Gasteiger partial charge in [-0.25, -0.2) is 0 Å². The van der Waals surface area contributed by atoms with Crippen LogP contribution in [0.1, 0.15) is 53.4 Å². The molecule has 6 heteroatoms. The minimum atomic E-state index is -0.863. The summed E-state index contributed by atoms with van der Waals surface area (Å²) in [4.78, 5) is 25.1. The molecule has 0 saturated heterocycles. The number of carboxylic acid groups (broad SMARTS) is 1. The maximum absolute atomic E-state index is 12.7. The molecule has 0 aliphatic heterocycles. The lowest BCUT2D eigenvalue weighted by atomic mass is 10.2. The van der Waals surface area contributed by atoms with Crippen molar-refractivity contribution in [1.82, 2.24) is 10.1 Å². The van der Waals surface area contributed by atoms with Gasteiger partial charge in [0.05, 0.1) is 5.69 Å². The van der Waals surface area contributed by atoms with Gasteiger partial charge in [-0.3, -0.25) is 9.59 Å². The van der Waals surface area contributed by atoms with Crippen LogP contribution in [-0.4, -0.2) is 33.6 Å². The third kappa shape index (κ3) is 4.22. The number of carbonyl (C=O) groups is 2. The first-order chi connectivity index (χ1) is 11.6. The first kappa shape index (κ1) is 16.2. The lowest BCUT2D eigenvalue weighted by molar-refractivity contribution is -0.137. The van der Waals surface area contributed by atoms with Gasteiger partial charge in [0.2, 0.25) is 5.76 Å². The first-order valence-electron chi connectivity index (χ1n) is 8.15.